The van der Waals surface area contributed by atoms with Crippen molar-refractivity contribution < 1.29 is 14.3 Å². The average molecular weight is 468 g/mol. The lowest BCUT2D eigenvalue weighted by molar-refractivity contribution is -0.123. The van der Waals surface area contributed by atoms with Crippen LogP contribution in [0.25, 0.3) is 0 Å². The van der Waals surface area contributed by atoms with Crippen LogP contribution in [-0.4, -0.2) is 18.5 Å². The largest absolute Gasteiger partial charge is 0.484 e. The Morgan fingerprint density at radius 2 is 1.47 bits per heavy atom. The number of para-hydroxylation sites is 1. The predicted molar refractivity (Wildman–Crippen MR) is 122 cm³/mol. The Morgan fingerprint density at radius 1 is 0.867 bits per heavy atom. The molecule has 3 aromatic carbocycles. The van der Waals surface area contributed by atoms with Crippen molar-refractivity contribution >= 4 is 39.2 Å². The topological polar surface area (TPSA) is 79.5 Å². The molecule has 0 aliphatic heterocycles. The third kappa shape index (κ3) is 6.63. The lowest BCUT2D eigenvalue weighted by Crippen LogP contribution is -2.31. The van der Waals surface area contributed by atoms with E-state index in [1.165, 1.54) is 0 Å². The van der Waals surface area contributed by atoms with Gasteiger partial charge in [0.25, 0.3) is 5.91 Å². The molecule has 1 unspecified atom stereocenters. The molecule has 0 aromatic heterocycles. The molecule has 6 nitrogen and oxygen atoms in total. The Kier molecular flexibility index (Phi) is 7.45. The summed E-state index contributed by atoms with van der Waals surface area (Å²) >= 11 is 3.36. The fourth-order valence-electron chi connectivity index (χ4n) is 2.72. The second-order valence-electron chi connectivity index (χ2n) is 6.60. The van der Waals surface area contributed by atoms with Gasteiger partial charge < -0.3 is 20.7 Å². The molecule has 0 heterocycles. The molecular formula is C23H22BrN3O3. The van der Waals surface area contributed by atoms with Gasteiger partial charge in [0.2, 0.25) is 0 Å². The summed E-state index contributed by atoms with van der Waals surface area (Å²) in [5.41, 5.74) is 2.29. The van der Waals surface area contributed by atoms with Gasteiger partial charge in [-0.3, -0.25) is 4.79 Å². The first-order valence-electron chi connectivity index (χ1n) is 9.40. The van der Waals surface area contributed by atoms with Gasteiger partial charge in [0.05, 0.1) is 6.04 Å². The standard InChI is InChI=1S/C23H22BrN3O3/c1-16(25-22(28)15-30-21-13-9-18(24)10-14-21)17-7-11-20(12-8-17)27-23(29)26-19-5-3-2-4-6-19/h2-14,16H,15H2,1H3,(H,25,28)(H2,26,27,29). The number of carbonyl (C=O) groups is 2. The number of anilines is 2. The second-order valence-corrected chi connectivity index (χ2v) is 7.51. The summed E-state index contributed by atoms with van der Waals surface area (Å²) in [4.78, 5) is 24.2. The molecule has 3 amide bonds. The highest BCUT2D eigenvalue weighted by molar-refractivity contribution is 9.10. The predicted octanol–water partition coefficient (Wildman–Crippen LogP) is 5.35. The number of benzene rings is 3. The van der Waals surface area contributed by atoms with E-state index in [0.29, 0.717) is 17.1 Å². The third-order valence-electron chi connectivity index (χ3n) is 4.26. The lowest BCUT2D eigenvalue weighted by Gasteiger charge is -2.15. The van der Waals surface area contributed by atoms with Crippen LogP contribution < -0.4 is 20.7 Å². The molecule has 3 aromatic rings. The summed E-state index contributed by atoms with van der Waals surface area (Å²) in [5.74, 6) is 0.417. The molecule has 154 valence electrons. The maximum absolute atomic E-state index is 12.1. The van der Waals surface area contributed by atoms with Crippen molar-refractivity contribution in [3.05, 3.63) is 88.9 Å². The molecule has 7 heteroatoms. The van der Waals surface area contributed by atoms with E-state index in [-0.39, 0.29) is 24.6 Å². The zero-order chi connectivity index (χ0) is 21.3. The highest BCUT2D eigenvalue weighted by Gasteiger charge is 2.11. The summed E-state index contributed by atoms with van der Waals surface area (Å²) in [6, 6.07) is 23.3. The number of urea groups is 1. The van der Waals surface area contributed by atoms with Gasteiger partial charge >= 0.3 is 6.03 Å². The number of rotatable bonds is 7. The van der Waals surface area contributed by atoms with E-state index in [9.17, 15) is 9.59 Å². The van der Waals surface area contributed by atoms with Crippen LogP contribution >= 0.6 is 15.9 Å². The smallest absolute Gasteiger partial charge is 0.323 e. The van der Waals surface area contributed by atoms with E-state index in [2.05, 4.69) is 31.9 Å². The van der Waals surface area contributed by atoms with Crippen LogP contribution in [0.2, 0.25) is 0 Å². The minimum atomic E-state index is -0.319. The van der Waals surface area contributed by atoms with Crippen molar-refractivity contribution in [2.24, 2.45) is 0 Å². The number of halogens is 1. The molecule has 3 rings (SSSR count). The molecule has 0 aliphatic carbocycles. The van der Waals surface area contributed by atoms with Gasteiger partial charge in [-0.2, -0.15) is 0 Å². The molecule has 0 bridgehead atoms. The first kappa shape index (κ1) is 21.4. The van der Waals surface area contributed by atoms with Gasteiger partial charge in [-0.15, -0.1) is 0 Å². The number of ether oxygens (including phenoxy) is 1. The first-order valence-corrected chi connectivity index (χ1v) is 10.2. The van der Waals surface area contributed by atoms with Crippen molar-refractivity contribution in [3.63, 3.8) is 0 Å². The van der Waals surface area contributed by atoms with Crippen LogP contribution in [0.4, 0.5) is 16.2 Å². The van der Waals surface area contributed by atoms with Crippen LogP contribution in [0.3, 0.4) is 0 Å². The van der Waals surface area contributed by atoms with E-state index in [4.69, 9.17) is 4.74 Å². The molecule has 0 spiro atoms. The molecule has 0 saturated carbocycles. The van der Waals surface area contributed by atoms with Gasteiger partial charge in [0.15, 0.2) is 6.61 Å². The van der Waals surface area contributed by atoms with Crippen LogP contribution in [0.15, 0.2) is 83.3 Å². The second kappa shape index (κ2) is 10.5. The summed E-state index contributed by atoms with van der Waals surface area (Å²) in [6.07, 6.45) is 0. The quantitative estimate of drug-likeness (QED) is 0.438. The first-order chi connectivity index (χ1) is 14.5. The SMILES string of the molecule is CC(NC(=O)COc1ccc(Br)cc1)c1ccc(NC(=O)Nc2ccccc2)cc1. The van der Waals surface area contributed by atoms with Gasteiger partial charge in [0, 0.05) is 15.8 Å². The van der Waals surface area contributed by atoms with Crippen molar-refractivity contribution in [3.8, 4) is 5.75 Å². The van der Waals surface area contributed by atoms with Crippen molar-refractivity contribution in [2.75, 3.05) is 17.2 Å². The number of hydrogen-bond donors (Lipinski definition) is 3. The zero-order valence-electron chi connectivity index (χ0n) is 16.4. The molecule has 3 N–H and O–H groups in total. The van der Waals surface area contributed by atoms with Crippen LogP contribution in [0.5, 0.6) is 5.75 Å². The summed E-state index contributed by atoms with van der Waals surface area (Å²) < 4.78 is 6.43. The Bertz CT molecular complexity index is 977. The van der Waals surface area contributed by atoms with Gasteiger partial charge in [0.1, 0.15) is 5.75 Å². The maximum Gasteiger partial charge on any atom is 0.323 e. The van der Waals surface area contributed by atoms with Gasteiger partial charge in [-0.25, -0.2) is 4.79 Å². The zero-order valence-corrected chi connectivity index (χ0v) is 18.0. The summed E-state index contributed by atoms with van der Waals surface area (Å²) in [7, 11) is 0. The van der Waals surface area contributed by atoms with Gasteiger partial charge in [-0.05, 0) is 61.0 Å². The van der Waals surface area contributed by atoms with E-state index in [0.717, 1.165) is 10.0 Å². The molecular weight excluding hydrogens is 446 g/mol. The maximum atomic E-state index is 12.1. The third-order valence-corrected chi connectivity index (χ3v) is 4.79. The van der Waals surface area contributed by atoms with Crippen molar-refractivity contribution in [1.29, 1.82) is 0 Å². The Balaban J connectivity index is 1.46. The highest BCUT2D eigenvalue weighted by Crippen LogP contribution is 2.18. The minimum Gasteiger partial charge on any atom is -0.484 e. The Hall–Kier alpha value is -3.32. The van der Waals surface area contributed by atoms with Gasteiger partial charge in [-0.1, -0.05) is 46.3 Å². The van der Waals surface area contributed by atoms with E-state index < -0.39 is 0 Å². The van der Waals surface area contributed by atoms with Crippen LogP contribution in [0, 0.1) is 0 Å². The lowest BCUT2D eigenvalue weighted by atomic mass is 10.1. The monoisotopic (exact) mass is 467 g/mol. The average Bonchev–Trinajstić information content (AvgIpc) is 2.74. The van der Waals surface area contributed by atoms with E-state index >= 15 is 0 Å². The summed E-state index contributed by atoms with van der Waals surface area (Å²) in [5, 5.41) is 8.44. The Morgan fingerprint density at radius 3 is 2.10 bits per heavy atom. The number of carbonyl (C=O) groups excluding carboxylic acids is 2. The molecule has 0 fully saturated rings. The van der Waals surface area contributed by atoms with Crippen molar-refractivity contribution in [2.45, 2.75) is 13.0 Å². The minimum absolute atomic E-state index is 0.0642. The number of amides is 3. The van der Waals surface area contributed by atoms with E-state index in [1.54, 1.807) is 24.3 Å². The molecule has 0 radical (unpaired) electrons. The highest BCUT2D eigenvalue weighted by atomic mass is 79.9. The molecule has 1 atom stereocenters. The number of hydrogen-bond acceptors (Lipinski definition) is 3. The van der Waals surface area contributed by atoms with Crippen LogP contribution in [0.1, 0.15) is 18.5 Å². The molecule has 30 heavy (non-hydrogen) atoms. The normalized spacial score (nSPS) is 11.3. The van der Waals surface area contributed by atoms with E-state index in [1.807, 2.05) is 61.5 Å². The molecule has 0 aliphatic rings. The summed E-state index contributed by atoms with van der Waals surface area (Å²) in [6.45, 7) is 1.83. The number of nitrogens with one attached hydrogen (secondary N) is 3. The fourth-order valence-corrected chi connectivity index (χ4v) is 2.98. The van der Waals surface area contributed by atoms with Crippen molar-refractivity contribution in [1.82, 2.24) is 5.32 Å². The fraction of sp³-hybridized carbons (Fsp3) is 0.130. The van der Waals surface area contributed by atoms with Crippen LogP contribution in [-0.2, 0) is 4.79 Å². The molecule has 0 saturated heterocycles. The Labute approximate surface area is 183 Å².